The van der Waals surface area contributed by atoms with Crippen molar-refractivity contribution in [2.75, 3.05) is 29.6 Å². The van der Waals surface area contributed by atoms with Crippen LogP contribution < -0.4 is 15.5 Å². The fraction of sp³-hybridized carbons (Fsp3) is 0.182. The molecule has 2 aromatic carbocycles. The zero-order chi connectivity index (χ0) is 21.1. The number of aromatic nitrogens is 3. The van der Waals surface area contributed by atoms with Crippen molar-refractivity contribution < 1.29 is 9.32 Å². The topological polar surface area (TPSA) is 96.2 Å². The number of amides is 1. The number of hydrogen-bond acceptors (Lipinski definition) is 7. The van der Waals surface area contributed by atoms with Gasteiger partial charge in [-0.15, -0.1) is 0 Å². The first-order valence-electron chi connectivity index (χ1n) is 9.51. The van der Waals surface area contributed by atoms with Crippen molar-refractivity contribution in [1.29, 1.82) is 0 Å². The molecule has 2 N–H and O–H groups in total. The Bertz CT molecular complexity index is 1180. The van der Waals surface area contributed by atoms with Crippen LogP contribution in [-0.4, -0.2) is 35.1 Å². The van der Waals surface area contributed by atoms with Gasteiger partial charge in [0.1, 0.15) is 23.2 Å². The van der Waals surface area contributed by atoms with E-state index in [0.29, 0.717) is 28.6 Å². The van der Waals surface area contributed by atoms with Crippen molar-refractivity contribution in [3.8, 4) is 0 Å². The molecule has 152 valence electrons. The van der Waals surface area contributed by atoms with Gasteiger partial charge in [-0.05, 0) is 43.3 Å². The predicted molar refractivity (Wildman–Crippen MR) is 117 cm³/mol. The predicted octanol–water partition coefficient (Wildman–Crippen LogP) is 3.92. The number of para-hydroxylation sites is 1. The van der Waals surface area contributed by atoms with E-state index in [4.69, 9.17) is 4.52 Å². The van der Waals surface area contributed by atoms with Gasteiger partial charge in [0.15, 0.2) is 5.58 Å². The molecule has 0 aliphatic carbocycles. The number of aryl methyl sites for hydroxylation is 1. The SMILES string of the molecule is Cc1nc(Nc2ccc(NC(=O)Cc3noc4ccccc34)cc2)cc(N(C)C)n1. The Hall–Kier alpha value is -3.94. The second kappa shape index (κ2) is 8.20. The Kier molecular flexibility index (Phi) is 5.30. The van der Waals surface area contributed by atoms with Crippen LogP contribution in [0.25, 0.3) is 11.0 Å². The average molecular weight is 402 g/mol. The van der Waals surface area contributed by atoms with Crippen LogP contribution in [0.2, 0.25) is 0 Å². The quantitative estimate of drug-likeness (QED) is 0.505. The van der Waals surface area contributed by atoms with E-state index in [0.717, 1.165) is 16.9 Å². The number of nitrogens with one attached hydrogen (secondary N) is 2. The summed E-state index contributed by atoms with van der Waals surface area (Å²) in [5.41, 5.74) is 2.86. The smallest absolute Gasteiger partial charge is 0.230 e. The van der Waals surface area contributed by atoms with E-state index in [-0.39, 0.29) is 12.3 Å². The van der Waals surface area contributed by atoms with Crippen LogP contribution in [-0.2, 0) is 11.2 Å². The summed E-state index contributed by atoms with van der Waals surface area (Å²) >= 11 is 0. The Balaban J connectivity index is 1.40. The van der Waals surface area contributed by atoms with Gasteiger partial charge < -0.3 is 20.1 Å². The van der Waals surface area contributed by atoms with Gasteiger partial charge in [-0.2, -0.15) is 0 Å². The minimum Gasteiger partial charge on any atom is -0.363 e. The molecule has 0 saturated heterocycles. The van der Waals surface area contributed by atoms with Crippen LogP contribution in [0.4, 0.5) is 23.0 Å². The number of carbonyl (C=O) groups excluding carboxylic acids is 1. The molecule has 8 nitrogen and oxygen atoms in total. The standard InChI is InChI=1S/C22H22N6O2/c1-14-23-20(13-21(24-14)28(2)3)25-15-8-10-16(11-9-15)26-22(29)12-18-17-6-4-5-7-19(17)30-27-18/h4-11,13H,12H2,1-3H3,(H,26,29)(H,23,24,25). The van der Waals surface area contributed by atoms with Crippen molar-refractivity contribution in [2.24, 2.45) is 0 Å². The zero-order valence-electron chi connectivity index (χ0n) is 17.0. The van der Waals surface area contributed by atoms with E-state index in [9.17, 15) is 4.79 Å². The molecule has 0 bridgehead atoms. The highest BCUT2D eigenvalue weighted by atomic mass is 16.5. The van der Waals surface area contributed by atoms with Crippen molar-refractivity contribution in [2.45, 2.75) is 13.3 Å². The first-order chi connectivity index (χ1) is 14.5. The average Bonchev–Trinajstić information content (AvgIpc) is 3.12. The maximum Gasteiger partial charge on any atom is 0.230 e. The first kappa shape index (κ1) is 19.4. The molecule has 0 aliphatic rings. The maximum atomic E-state index is 12.4. The number of hydrogen-bond donors (Lipinski definition) is 2. The van der Waals surface area contributed by atoms with Crippen molar-refractivity contribution in [1.82, 2.24) is 15.1 Å². The highest BCUT2D eigenvalue weighted by Gasteiger charge is 2.12. The van der Waals surface area contributed by atoms with Crippen molar-refractivity contribution in [3.05, 3.63) is 66.1 Å². The molecule has 0 fully saturated rings. The van der Waals surface area contributed by atoms with Gasteiger partial charge in [-0.1, -0.05) is 17.3 Å². The van der Waals surface area contributed by atoms with Gasteiger partial charge in [0.05, 0.1) is 6.42 Å². The molecule has 2 heterocycles. The van der Waals surface area contributed by atoms with Gasteiger partial charge in [0.25, 0.3) is 0 Å². The molecular formula is C22H22N6O2. The summed E-state index contributed by atoms with van der Waals surface area (Å²) in [4.78, 5) is 23.1. The van der Waals surface area contributed by atoms with E-state index >= 15 is 0 Å². The normalized spacial score (nSPS) is 10.8. The zero-order valence-corrected chi connectivity index (χ0v) is 17.0. The van der Waals surface area contributed by atoms with Crippen LogP contribution >= 0.6 is 0 Å². The first-order valence-corrected chi connectivity index (χ1v) is 9.51. The van der Waals surface area contributed by atoms with Crippen LogP contribution in [0, 0.1) is 6.92 Å². The fourth-order valence-electron chi connectivity index (χ4n) is 3.05. The summed E-state index contributed by atoms with van der Waals surface area (Å²) in [5.74, 6) is 2.07. The molecular weight excluding hydrogens is 380 g/mol. The molecule has 4 aromatic rings. The van der Waals surface area contributed by atoms with Gasteiger partial charge >= 0.3 is 0 Å². The van der Waals surface area contributed by atoms with Gasteiger partial charge in [-0.3, -0.25) is 4.79 Å². The Labute approximate surface area is 173 Å². The second-order valence-corrected chi connectivity index (χ2v) is 7.11. The van der Waals surface area contributed by atoms with E-state index in [1.807, 2.05) is 80.5 Å². The lowest BCUT2D eigenvalue weighted by Crippen LogP contribution is -2.14. The van der Waals surface area contributed by atoms with E-state index in [1.165, 1.54) is 0 Å². The number of carbonyl (C=O) groups is 1. The summed E-state index contributed by atoms with van der Waals surface area (Å²) in [5, 5.41) is 11.0. The molecule has 4 rings (SSSR count). The maximum absolute atomic E-state index is 12.4. The molecule has 30 heavy (non-hydrogen) atoms. The highest BCUT2D eigenvalue weighted by Crippen LogP contribution is 2.21. The van der Waals surface area contributed by atoms with Gasteiger partial charge in [-0.25, -0.2) is 9.97 Å². The summed E-state index contributed by atoms with van der Waals surface area (Å²) in [6.07, 6.45) is 0.143. The number of fused-ring (bicyclic) bond motifs is 1. The Morgan fingerprint density at radius 2 is 1.77 bits per heavy atom. The summed E-state index contributed by atoms with van der Waals surface area (Å²) < 4.78 is 5.25. The summed E-state index contributed by atoms with van der Waals surface area (Å²) in [7, 11) is 3.87. The second-order valence-electron chi connectivity index (χ2n) is 7.11. The minimum atomic E-state index is -0.156. The lowest BCUT2D eigenvalue weighted by molar-refractivity contribution is -0.115. The molecule has 8 heteroatoms. The van der Waals surface area contributed by atoms with Gasteiger partial charge in [0.2, 0.25) is 5.91 Å². The van der Waals surface area contributed by atoms with Crippen LogP contribution in [0.5, 0.6) is 0 Å². The molecule has 0 aliphatic heterocycles. The third kappa shape index (κ3) is 4.38. The largest absolute Gasteiger partial charge is 0.363 e. The van der Waals surface area contributed by atoms with E-state index < -0.39 is 0 Å². The molecule has 0 atom stereocenters. The molecule has 0 spiro atoms. The number of nitrogens with zero attached hydrogens (tertiary/aromatic N) is 4. The monoisotopic (exact) mass is 402 g/mol. The Morgan fingerprint density at radius 1 is 1.03 bits per heavy atom. The third-order valence-electron chi connectivity index (χ3n) is 4.50. The summed E-state index contributed by atoms with van der Waals surface area (Å²) in [6, 6.07) is 16.8. The molecule has 0 saturated carbocycles. The molecule has 2 aromatic heterocycles. The van der Waals surface area contributed by atoms with Crippen LogP contribution in [0.15, 0.2) is 59.1 Å². The highest BCUT2D eigenvalue weighted by molar-refractivity contribution is 5.94. The van der Waals surface area contributed by atoms with Crippen molar-refractivity contribution >= 4 is 39.9 Å². The van der Waals surface area contributed by atoms with Crippen molar-refractivity contribution in [3.63, 3.8) is 0 Å². The minimum absolute atomic E-state index is 0.143. The van der Waals surface area contributed by atoms with E-state index in [2.05, 4.69) is 25.8 Å². The number of anilines is 4. The van der Waals surface area contributed by atoms with E-state index in [1.54, 1.807) is 0 Å². The fourth-order valence-corrected chi connectivity index (χ4v) is 3.05. The molecule has 0 unspecified atom stereocenters. The van der Waals surface area contributed by atoms with Crippen LogP contribution in [0.1, 0.15) is 11.5 Å². The Morgan fingerprint density at radius 3 is 2.53 bits per heavy atom. The molecule has 1 amide bonds. The number of rotatable bonds is 6. The lowest BCUT2D eigenvalue weighted by Gasteiger charge is -2.14. The van der Waals surface area contributed by atoms with Crippen LogP contribution in [0.3, 0.4) is 0 Å². The summed E-state index contributed by atoms with van der Waals surface area (Å²) in [6.45, 7) is 1.86. The molecule has 0 radical (unpaired) electrons. The van der Waals surface area contributed by atoms with Gasteiger partial charge in [0, 0.05) is 36.9 Å². The number of benzene rings is 2. The lowest BCUT2D eigenvalue weighted by atomic mass is 10.1. The third-order valence-corrected chi connectivity index (χ3v) is 4.50.